The summed E-state index contributed by atoms with van der Waals surface area (Å²) in [5.41, 5.74) is 0.266. The summed E-state index contributed by atoms with van der Waals surface area (Å²) in [6.45, 7) is 7.76. The minimum Gasteiger partial charge on any atom is -0.450 e. The molecule has 2 atom stereocenters. The molecule has 0 aromatic heterocycles. The summed E-state index contributed by atoms with van der Waals surface area (Å²) in [5, 5.41) is 11.8. The van der Waals surface area contributed by atoms with Gasteiger partial charge in [-0.25, -0.2) is 4.79 Å². The van der Waals surface area contributed by atoms with Crippen molar-refractivity contribution in [3.05, 3.63) is 35.9 Å². The number of carbonyl (C=O) groups excluding carboxylic acids is 1. The van der Waals surface area contributed by atoms with E-state index in [9.17, 15) is 9.90 Å². The van der Waals surface area contributed by atoms with Crippen LogP contribution in [0.2, 0.25) is 0 Å². The first-order valence-electron chi connectivity index (χ1n) is 11.3. The number of hydrogen-bond donors (Lipinski definition) is 1. The summed E-state index contributed by atoms with van der Waals surface area (Å²) >= 11 is 0. The number of rotatable bonds is 4. The SMILES string of the molecule is CCOC(=O)N1CCC(N2CC[C@](O)(c3ccccc3)[C@H](N3CCCC3)C2)CC1. The second kappa shape index (κ2) is 9.02. The molecule has 29 heavy (non-hydrogen) atoms. The Morgan fingerprint density at radius 2 is 1.76 bits per heavy atom. The van der Waals surface area contributed by atoms with Crippen LogP contribution in [0.25, 0.3) is 0 Å². The molecule has 0 bridgehead atoms. The molecule has 0 spiro atoms. The second-order valence-electron chi connectivity index (χ2n) is 8.71. The number of aliphatic hydroxyl groups is 1. The molecule has 6 heteroatoms. The average Bonchev–Trinajstić information content (AvgIpc) is 3.30. The van der Waals surface area contributed by atoms with Gasteiger partial charge in [-0.1, -0.05) is 30.3 Å². The van der Waals surface area contributed by atoms with Gasteiger partial charge in [-0.3, -0.25) is 9.80 Å². The fourth-order valence-electron chi connectivity index (χ4n) is 5.44. The summed E-state index contributed by atoms with van der Waals surface area (Å²) in [5.74, 6) is 0. The van der Waals surface area contributed by atoms with Crippen LogP contribution in [0.5, 0.6) is 0 Å². The van der Waals surface area contributed by atoms with Crippen LogP contribution < -0.4 is 0 Å². The van der Waals surface area contributed by atoms with Crippen LogP contribution in [-0.4, -0.2) is 83.9 Å². The molecule has 160 valence electrons. The van der Waals surface area contributed by atoms with E-state index < -0.39 is 5.60 Å². The van der Waals surface area contributed by atoms with E-state index in [4.69, 9.17) is 4.74 Å². The van der Waals surface area contributed by atoms with Gasteiger partial charge in [-0.15, -0.1) is 0 Å². The van der Waals surface area contributed by atoms with Crippen LogP contribution in [0.4, 0.5) is 4.79 Å². The number of likely N-dealkylation sites (tertiary alicyclic amines) is 3. The summed E-state index contributed by atoms with van der Waals surface area (Å²) in [4.78, 5) is 18.9. The first-order valence-corrected chi connectivity index (χ1v) is 11.3. The Hall–Kier alpha value is -1.63. The van der Waals surface area contributed by atoms with Crippen LogP contribution in [0.1, 0.15) is 44.6 Å². The molecule has 0 radical (unpaired) electrons. The van der Waals surface area contributed by atoms with Gasteiger partial charge in [0.2, 0.25) is 0 Å². The first kappa shape index (κ1) is 20.6. The van der Waals surface area contributed by atoms with Crippen molar-refractivity contribution >= 4 is 6.09 Å². The monoisotopic (exact) mass is 401 g/mol. The van der Waals surface area contributed by atoms with E-state index in [1.165, 1.54) is 12.8 Å². The Balaban J connectivity index is 1.45. The van der Waals surface area contributed by atoms with E-state index in [1.807, 2.05) is 30.0 Å². The molecular weight excluding hydrogens is 366 g/mol. The van der Waals surface area contributed by atoms with Crippen LogP contribution in [-0.2, 0) is 10.3 Å². The third-order valence-corrected chi connectivity index (χ3v) is 7.10. The van der Waals surface area contributed by atoms with Crippen molar-refractivity contribution in [2.24, 2.45) is 0 Å². The third kappa shape index (κ3) is 4.30. The van der Waals surface area contributed by atoms with Crippen LogP contribution in [0, 0.1) is 0 Å². The third-order valence-electron chi connectivity index (χ3n) is 7.10. The van der Waals surface area contributed by atoms with Gasteiger partial charge in [-0.05, 0) is 57.7 Å². The van der Waals surface area contributed by atoms with Crippen LogP contribution in [0.3, 0.4) is 0 Å². The number of carbonyl (C=O) groups is 1. The van der Waals surface area contributed by atoms with Gasteiger partial charge in [-0.2, -0.15) is 0 Å². The van der Waals surface area contributed by atoms with Crippen molar-refractivity contribution < 1.29 is 14.6 Å². The lowest BCUT2D eigenvalue weighted by Crippen LogP contribution is -2.62. The number of hydrogen-bond acceptors (Lipinski definition) is 5. The molecule has 0 saturated carbocycles. The zero-order valence-electron chi connectivity index (χ0n) is 17.6. The minimum absolute atomic E-state index is 0.129. The average molecular weight is 402 g/mol. The molecule has 3 saturated heterocycles. The second-order valence-corrected chi connectivity index (χ2v) is 8.71. The van der Waals surface area contributed by atoms with Gasteiger partial charge in [0.1, 0.15) is 5.60 Å². The lowest BCUT2D eigenvalue weighted by Gasteiger charge is -2.51. The van der Waals surface area contributed by atoms with E-state index in [0.717, 1.165) is 64.1 Å². The maximum atomic E-state index is 12.0. The molecule has 0 unspecified atom stereocenters. The highest BCUT2D eigenvalue weighted by atomic mass is 16.6. The summed E-state index contributed by atoms with van der Waals surface area (Å²) < 4.78 is 5.16. The van der Waals surface area contributed by atoms with Gasteiger partial charge >= 0.3 is 6.09 Å². The Kier molecular flexibility index (Phi) is 6.42. The van der Waals surface area contributed by atoms with Crippen molar-refractivity contribution in [3.63, 3.8) is 0 Å². The molecule has 6 nitrogen and oxygen atoms in total. The molecule has 1 aromatic carbocycles. The van der Waals surface area contributed by atoms with E-state index >= 15 is 0 Å². The highest BCUT2D eigenvalue weighted by Crippen LogP contribution is 2.38. The van der Waals surface area contributed by atoms with Crippen molar-refractivity contribution in [1.82, 2.24) is 14.7 Å². The maximum absolute atomic E-state index is 12.0. The molecule has 1 N–H and O–H groups in total. The molecule has 3 fully saturated rings. The number of benzene rings is 1. The molecule has 3 heterocycles. The van der Waals surface area contributed by atoms with E-state index in [0.29, 0.717) is 12.6 Å². The predicted molar refractivity (Wildman–Crippen MR) is 113 cm³/mol. The predicted octanol–water partition coefficient (Wildman–Crippen LogP) is 2.67. The Bertz CT molecular complexity index is 671. The van der Waals surface area contributed by atoms with Gasteiger partial charge in [0, 0.05) is 32.2 Å². The molecule has 3 aliphatic rings. The number of piperidine rings is 2. The van der Waals surface area contributed by atoms with Crippen molar-refractivity contribution in [1.29, 1.82) is 0 Å². The summed E-state index contributed by atoms with van der Waals surface area (Å²) in [6.07, 6.45) is 4.98. The first-order chi connectivity index (χ1) is 14.1. The van der Waals surface area contributed by atoms with Crippen molar-refractivity contribution in [2.75, 3.05) is 45.9 Å². The van der Waals surface area contributed by atoms with E-state index in [2.05, 4.69) is 21.9 Å². The highest BCUT2D eigenvalue weighted by molar-refractivity contribution is 5.67. The summed E-state index contributed by atoms with van der Waals surface area (Å²) in [7, 11) is 0. The smallest absolute Gasteiger partial charge is 0.409 e. The molecule has 1 aromatic rings. The summed E-state index contributed by atoms with van der Waals surface area (Å²) in [6, 6.07) is 10.9. The Morgan fingerprint density at radius 1 is 1.07 bits per heavy atom. The van der Waals surface area contributed by atoms with Crippen LogP contribution in [0.15, 0.2) is 30.3 Å². The topological polar surface area (TPSA) is 56.3 Å². The quantitative estimate of drug-likeness (QED) is 0.841. The fourth-order valence-corrected chi connectivity index (χ4v) is 5.44. The lowest BCUT2D eigenvalue weighted by molar-refractivity contribution is -0.105. The Morgan fingerprint density at radius 3 is 2.41 bits per heavy atom. The minimum atomic E-state index is -0.784. The van der Waals surface area contributed by atoms with Gasteiger partial charge < -0.3 is 14.7 Å². The zero-order chi connectivity index (χ0) is 20.3. The molecule has 3 aliphatic heterocycles. The standard InChI is InChI=1S/C23H35N3O3/c1-2-29-22(27)25-15-10-20(11-16-25)26-17-12-23(28,19-8-4-3-5-9-19)21(18-26)24-13-6-7-14-24/h3-5,8-9,20-21,28H,2,6-7,10-18H2,1H3/t21-,23+/m1/s1. The number of ether oxygens (including phenoxy) is 1. The van der Waals surface area contributed by atoms with Crippen molar-refractivity contribution in [2.45, 2.75) is 56.7 Å². The van der Waals surface area contributed by atoms with Crippen LogP contribution >= 0.6 is 0 Å². The number of nitrogens with zero attached hydrogens (tertiary/aromatic N) is 3. The molecule has 1 amide bonds. The lowest BCUT2D eigenvalue weighted by atomic mass is 9.79. The van der Waals surface area contributed by atoms with Gasteiger partial charge in [0.25, 0.3) is 0 Å². The largest absolute Gasteiger partial charge is 0.450 e. The van der Waals surface area contributed by atoms with Crippen molar-refractivity contribution in [3.8, 4) is 0 Å². The molecule has 0 aliphatic carbocycles. The zero-order valence-corrected chi connectivity index (χ0v) is 17.6. The van der Waals surface area contributed by atoms with E-state index in [1.54, 1.807) is 0 Å². The van der Waals surface area contributed by atoms with Gasteiger partial charge in [0.05, 0.1) is 12.6 Å². The maximum Gasteiger partial charge on any atom is 0.409 e. The normalized spacial score (nSPS) is 29.9. The number of amides is 1. The highest BCUT2D eigenvalue weighted by Gasteiger charge is 2.47. The fraction of sp³-hybridized carbons (Fsp3) is 0.696. The van der Waals surface area contributed by atoms with Gasteiger partial charge in [0.15, 0.2) is 0 Å². The Labute approximate surface area is 174 Å². The molecule has 4 rings (SSSR count). The van der Waals surface area contributed by atoms with E-state index in [-0.39, 0.29) is 12.1 Å². The molecular formula is C23H35N3O3.